The number of hydrogen-bond donors (Lipinski definition) is 2. The Morgan fingerprint density at radius 1 is 1.33 bits per heavy atom. The van der Waals surface area contributed by atoms with E-state index in [0.717, 1.165) is 42.8 Å². The number of nitrogens with two attached hydrogens (primary N) is 1. The molecule has 2 aromatic heterocycles. The Bertz CT molecular complexity index is 1270. The standard InChI is InChI=1S/C24H26ClFN6O/c1-13-9-30-32(11-13)14-6-7-24(8-14)12-29-22-19(24)20(25)16(10-28-22)15-4-5-17(27)18(21(15)26)23(33)31(2)3/h4-5,9-11,14H,6-8,12,27H2,1-3H3,(H,28,29)/t14-,24-/m1/s1. The average molecular weight is 469 g/mol. The van der Waals surface area contributed by atoms with Gasteiger partial charge < -0.3 is 16.0 Å². The zero-order valence-corrected chi connectivity index (χ0v) is 19.6. The maximum absolute atomic E-state index is 15.6. The zero-order chi connectivity index (χ0) is 23.5. The smallest absolute Gasteiger partial charge is 0.258 e. The lowest BCUT2D eigenvalue weighted by atomic mass is 9.80. The van der Waals surface area contributed by atoms with Gasteiger partial charge in [0.15, 0.2) is 0 Å². The first kappa shape index (κ1) is 21.7. The molecule has 3 heterocycles. The molecule has 33 heavy (non-hydrogen) atoms. The van der Waals surface area contributed by atoms with E-state index in [0.29, 0.717) is 10.6 Å². The van der Waals surface area contributed by atoms with Gasteiger partial charge in [-0.25, -0.2) is 9.37 Å². The quantitative estimate of drug-likeness (QED) is 0.555. The first-order valence-corrected chi connectivity index (χ1v) is 11.3. The van der Waals surface area contributed by atoms with Gasteiger partial charge in [-0.3, -0.25) is 9.48 Å². The van der Waals surface area contributed by atoms with E-state index >= 15 is 4.39 Å². The molecule has 5 rings (SSSR count). The molecule has 1 aromatic carbocycles. The van der Waals surface area contributed by atoms with Crippen LogP contribution in [0, 0.1) is 12.7 Å². The van der Waals surface area contributed by atoms with Gasteiger partial charge in [0.2, 0.25) is 0 Å². The number of nitrogens with zero attached hydrogens (tertiary/aromatic N) is 4. The summed E-state index contributed by atoms with van der Waals surface area (Å²) >= 11 is 6.97. The average Bonchev–Trinajstić information content (AvgIpc) is 3.49. The SMILES string of the molecule is Cc1cnn([C@@H]2CC[C@]3(CNc4ncc(-c5ccc(N)c(C(=O)N(C)C)c5F)c(Cl)c43)C2)c1. The Hall–Kier alpha value is -3.13. The van der Waals surface area contributed by atoms with Crippen LogP contribution in [-0.2, 0) is 5.41 Å². The van der Waals surface area contributed by atoms with Crippen LogP contribution in [0.1, 0.15) is 46.8 Å². The van der Waals surface area contributed by atoms with E-state index in [1.54, 1.807) is 32.4 Å². The van der Waals surface area contributed by atoms with E-state index < -0.39 is 11.7 Å². The third-order valence-electron chi connectivity index (χ3n) is 6.91. The van der Waals surface area contributed by atoms with Crippen molar-refractivity contribution in [1.29, 1.82) is 0 Å². The molecule has 1 fully saturated rings. The van der Waals surface area contributed by atoms with Crippen LogP contribution in [0.4, 0.5) is 15.9 Å². The minimum Gasteiger partial charge on any atom is -0.398 e. The molecule has 0 bridgehead atoms. The Labute approximate surface area is 196 Å². The molecular weight excluding hydrogens is 443 g/mol. The fourth-order valence-electron chi connectivity index (χ4n) is 5.22. The molecule has 2 atom stereocenters. The molecule has 3 aromatic rings. The van der Waals surface area contributed by atoms with Crippen LogP contribution in [0.25, 0.3) is 11.1 Å². The molecule has 0 radical (unpaired) electrons. The van der Waals surface area contributed by atoms with E-state index in [-0.39, 0.29) is 28.3 Å². The second-order valence-corrected chi connectivity index (χ2v) is 9.71. The van der Waals surface area contributed by atoms with Gasteiger partial charge in [-0.05, 0) is 43.9 Å². The molecule has 172 valence electrons. The summed E-state index contributed by atoms with van der Waals surface area (Å²) in [5.74, 6) is -0.446. The molecule has 0 unspecified atom stereocenters. The van der Waals surface area contributed by atoms with E-state index in [9.17, 15) is 4.79 Å². The largest absolute Gasteiger partial charge is 0.398 e. The van der Waals surface area contributed by atoms with Gasteiger partial charge in [0.25, 0.3) is 5.91 Å². The highest BCUT2D eigenvalue weighted by molar-refractivity contribution is 6.34. The van der Waals surface area contributed by atoms with Gasteiger partial charge in [0.1, 0.15) is 11.6 Å². The maximum atomic E-state index is 15.6. The van der Waals surface area contributed by atoms with E-state index in [1.165, 1.54) is 4.90 Å². The van der Waals surface area contributed by atoms with Crippen molar-refractivity contribution in [1.82, 2.24) is 19.7 Å². The van der Waals surface area contributed by atoms with E-state index in [1.807, 2.05) is 17.8 Å². The number of nitrogens with one attached hydrogen (secondary N) is 1. The predicted octanol–water partition coefficient (Wildman–Crippen LogP) is 4.42. The number of hydrogen-bond acceptors (Lipinski definition) is 5. The Morgan fingerprint density at radius 3 is 2.82 bits per heavy atom. The van der Waals surface area contributed by atoms with Crippen molar-refractivity contribution in [3.8, 4) is 11.1 Å². The van der Waals surface area contributed by atoms with Gasteiger partial charge in [-0.15, -0.1) is 0 Å². The molecule has 0 saturated heterocycles. The fourth-order valence-corrected chi connectivity index (χ4v) is 5.66. The number of aryl methyl sites for hydroxylation is 1. The van der Waals surface area contributed by atoms with Crippen molar-refractivity contribution < 1.29 is 9.18 Å². The third kappa shape index (κ3) is 3.35. The highest BCUT2D eigenvalue weighted by atomic mass is 35.5. The summed E-state index contributed by atoms with van der Waals surface area (Å²) in [5.41, 5.74) is 8.41. The summed E-state index contributed by atoms with van der Waals surface area (Å²) < 4.78 is 17.6. The van der Waals surface area contributed by atoms with E-state index in [4.69, 9.17) is 17.3 Å². The van der Waals surface area contributed by atoms with Crippen LogP contribution < -0.4 is 11.1 Å². The zero-order valence-electron chi connectivity index (χ0n) is 18.8. The monoisotopic (exact) mass is 468 g/mol. The molecular formula is C24H26ClFN6O. The number of carbonyl (C=O) groups excluding carboxylic acids is 1. The lowest BCUT2D eigenvalue weighted by Gasteiger charge is -2.25. The molecule has 1 saturated carbocycles. The number of carbonyl (C=O) groups is 1. The summed E-state index contributed by atoms with van der Waals surface area (Å²) in [6.45, 7) is 2.76. The second kappa shape index (κ2) is 7.73. The Morgan fingerprint density at radius 2 is 2.12 bits per heavy atom. The molecule has 9 heteroatoms. The van der Waals surface area contributed by atoms with Gasteiger partial charge in [0, 0.05) is 60.8 Å². The minimum absolute atomic E-state index is 0.0893. The van der Waals surface area contributed by atoms with Crippen molar-refractivity contribution in [3.63, 3.8) is 0 Å². The molecule has 1 aliphatic carbocycles. The summed E-state index contributed by atoms with van der Waals surface area (Å²) in [7, 11) is 3.12. The van der Waals surface area contributed by atoms with Crippen molar-refractivity contribution in [3.05, 3.63) is 58.3 Å². The van der Waals surface area contributed by atoms with Crippen molar-refractivity contribution >= 4 is 29.0 Å². The number of amides is 1. The van der Waals surface area contributed by atoms with Crippen LogP contribution in [0.15, 0.2) is 30.7 Å². The van der Waals surface area contributed by atoms with Crippen LogP contribution in [0.3, 0.4) is 0 Å². The molecule has 3 N–H and O–H groups in total. The molecule has 1 spiro atoms. The van der Waals surface area contributed by atoms with Gasteiger partial charge in [0.05, 0.1) is 22.8 Å². The number of rotatable bonds is 3. The number of anilines is 2. The molecule has 1 amide bonds. The first-order valence-electron chi connectivity index (χ1n) is 11.0. The Balaban J connectivity index is 1.58. The third-order valence-corrected chi connectivity index (χ3v) is 7.30. The maximum Gasteiger partial charge on any atom is 0.258 e. The van der Waals surface area contributed by atoms with Gasteiger partial charge in [-0.1, -0.05) is 11.6 Å². The topological polar surface area (TPSA) is 89.1 Å². The van der Waals surface area contributed by atoms with Crippen molar-refractivity contribution in [2.75, 3.05) is 31.7 Å². The predicted molar refractivity (Wildman–Crippen MR) is 127 cm³/mol. The van der Waals surface area contributed by atoms with Crippen LogP contribution in [-0.4, -0.2) is 46.2 Å². The van der Waals surface area contributed by atoms with Crippen LogP contribution >= 0.6 is 11.6 Å². The summed E-state index contributed by atoms with van der Waals surface area (Å²) in [4.78, 5) is 18.4. The number of pyridine rings is 1. The number of aromatic nitrogens is 3. The highest BCUT2D eigenvalue weighted by Crippen LogP contribution is 2.54. The first-order chi connectivity index (χ1) is 15.7. The molecule has 1 aliphatic heterocycles. The lowest BCUT2D eigenvalue weighted by molar-refractivity contribution is 0.0824. The summed E-state index contributed by atoms with van der Waals surface area (Å²) in [5, 5.41) is 8.37. The number of benzene rings is 1. The number of fused-ring (bicyclic) bond motifs is 2. The van der Waals surface area contributed by atoms with Gasteiger partial charge >= 0.3 is 0 Å². The highest BCUT2D eigenvalue weighted by Gasteiger charge is 2.48. The number of halogens is 2. The van der Waals surface area contributed by atoms with Gasteiger partial charge in [-0.2, -0.15) is 5.10 Å². The Kier molecular flexibility index (Phi) is 5.08. The van der Waals surface area contributed by atoms with Crippen LogP contribution in [0.2, 0.25) is 5.02 Å². The lowest BCUT2D eigenvalue weighted by Crippen LogP contribution is -2.26. The summed E-state index contributed by atoms with van der Waals surface area (Å²) in [6.07, 6.45) is 8.27. The van der Waals surface area contributed by atoms with Crippen molar-refractivity contribution in [2.45, 2.75) is 37.6 Å². The van der Waals surface area contributed by atoms with E-state index in [2.05, 4.69) is 21.6 Å². The fraction of sp³-hybridized carbons (Fsp3) is 0.375. The number of nitrogen functional groups attached to an aromatic ring is 1. The van der Waals surface area contributed by atoms with Crippen molar-refractivity contribution in [2.24, 2.45) is 0 Å². The second-order valence-electron chi connectivity index (χ2n) is 9.33. The normalized spacial score (nSPS) is 21.3. The molecule has 2 aliphatic rings. The molecule has 7 nitrogen and oxygen atoms in total. The van der Waals surface area contributed by atoms with Crippen LogP contribution in [0.5, 0.6) is 0 Å². The summed E-state index contributed by atoms with van der Waals surface area (Å²) in [6, 6.07) is 3.37. The minimum atomic E-state index is -0.686.